The van der Waals surface area contributed by atoms with E-state index in [-0.39, 0.29) is 18.1 Å². The van der Waals surface area contributed by atoms with Crippen molar-refractivity contribution in [2.24, 2.45) is 5.10 Å². The van der Waals surface area contributed by atoms with Gasteiger partial charge < -0.3 is 0 Å². The third-order valence-electron chi connectivity index (χ3n) is 4.79. The van der Waals surface area contributed by atoms with E-state index in [1.54, 1.807) is 25.1 Å². The van der Waals surface area contributed by atoms with Crippen molar-refractivity contribution in [2.75, 3.05) is 11.4 Å². The molecule has 3 aromatic rings. The summed E-state index contributed by atoms with van der Waals surface area (Å²) in [5, 5.41) is 16.6. The summed E-state index contributed by atoms with van der Waals surface area (Å²) in [6.07, 6.45) is 0. The van der Waals surface area contributed by atoms with Crippen molar-refractivity contribution >= 4 is 39.7 Å². The van der Waals surface area contributed by atoms with Crippen LogP contribution in [0.1, 0.15) is 22.8 Å². The van der Waals surface area contributed by atoms with Crippen molar-refractivity contribution in [1.29, 1.82) is 0 Å². The molecular formula is C21H16N4O4. The quantitative estimate of drug-likeness (QED) is 0.411. The Labute approximate surface area is 165 Å². The van der Waals surface area contributed by atoms with Crippen LogP contribution in [0.25, 0.3) is 10.8 Å². The molecule has 2 amide bonds. The van der Waals surface area contributed by atoms with Crippen LogP contribution >= 0.6 is 0 Å². The Hall–Kier alpha value is -4.07. The van der Waals surface area contributed by atoms with Gasteiger partial charge in [0.2, 0.25) is 0 Å². The lowest BCUT2D eigenvalue weighted by molar-refractivity contribution is -0.384. The van der Waals surface area contributed by atoms with E-state index in [0.29, 0.717) is 22.5 Å². The van der Waals surface area contributed by atoms with Crippen molar-refractivity contribution in [1.82, 2.24) is 5.43 Å². The van der Waals surface area contributed by atoms with E-state index >= 15 is 0 Å². The van der Waals surface area contributed by atoms with Crippen LogP contribution in [0.15, 0.2) is 65.8 Å². The van der Waals surface area contributed by atoms with E-state index in [1.165, 1.54) is 17.0 Å². The van der Waals surface area contributed by atoms with Crippen molar-refractivity contribution in [3.8, 4) is 0 Å². The molecule has 0 aliphatic carbocycles. The lowest BCUT2D eigenvalue weighted by Crippen LogP contribution is -2.37. The highest BCUT2D eigenvalue weighted by atomic mass is 16.6. The molecule has 1 N–H and O–H groups in total. The minimum absolute atomic E-state index is 0.0214. The van der Waals surface area contributed by atoms with Gasteiger partial charge in [-0.3, -0.25) is 24.6 Å². The van der Waals surface area contributed by atoms with Gasteiger partial charge in [-0.25, -0.2) is 5.43 Å². The molecule has 0 bridgehead atoms. The number of non-ortho nitro benzene ring substituents is 1. The Morgan fingerprint density at radius 1 is 1.10 bits per heavy atom. The number of hydrogen-bond donors (Lipinski definition) is 1. The van der Waals surface area contributed by atoms with E-state index < -0.39 is 10.8 Å². The van der Waals surface area contributed by atoms with E-state index in [9.17, 15) is 19.7 Å². The zero-order valence-electron chi connectivity index (χ0n) is 15.5. The smallest absolute Gasteiger partial charge is 0.269 e. The fourth-order valence-corrected chi connectivity index (χ4v) is 3.35. The Morgan fingerprint density at radius 3 is 2.48 bits per heavy atom. The fraction of sp³-hybridized carbons (Fsp3) is 0.0952. The highest BCUT2D eigenvalue weighted by molar-refractivity contribution is 6.26. The first-order valence-electron chi connectivity index (χ1n) is 8.87. The third-order valence-corrected chi connectivity index (χ3v) is 4.79. The first kappa shape index (κ1) is 18.3. The fourth-order valence-electron chi connectivity index (χ4n) is 3.35. The summed E-state index contributed by atoms with van der Waals surface area (Å²) >= 11 is 0. The largest absolute Gasteiger partial charge is 0.298 e. The number of amides is 2. The summed E-state index contributed by atoms with van der Waals surface area (Å²) in [6.45, 7) is 1.52. The second-order valence-electron chi connectivity index (χ2n) is 6.61. The molecule has 1 aliphatic rings. The molecule has 0 saturated heterocycles. The number of rotatable bonds is 5. The van der Waals surface area contributed by atoms with Crippen molar-refractivity contribution in [2.45, 2.75) is 6.92 Å². The van der Waals surface area contributed by atoms with Gasteiger partial charge >= 0.3 is 0 Å². The molecule has 29 heavy (non-hydrogen) atoms. The van der Waals surface area contributed by atoms with Crippen LogP contribution in [-0.4, -0.2) is 29.0 Å². The van der Waals surface area contributed by atoms with Crippen molar-refractivity contribution < 1.29 is 14.5 Å². The molecule has 1 aliphatic heterocycles. The van der Waals surface area contributed by atoms with Crippen molar-refractivity contribution in [3.05, 3.63) is 81.9 Å². The summed E-state index contributed by atoms with van der Waals surface area (Å²) in [4.78, 5) is 36.8. The van der Waals surface area contributed by atoms with Gasteiger partial charge in [-0.05, 0) is 42.1 Å². The first-order chi connectivity index (χ1) is 14.0. The average Bonchev–Trinajstić information content (AvgIpc) is 3.00. The van der Waals surface area contributed by atoms with Crippen LogP contribution in [0.5, 0.6) is 0 Å². The predicted octanol–water partition coefficient (Wildman–Crippen LogP) is 3.25. The summed E-state index contributed by atoms with van der Waals surface area (Å²) in [6, 6.07) is 17.0. The zero-order valence-corrected chi connectivity index (χ0v) is 15.5. The SMILES string of the molecule is C/C(=N/NC(=O)CN1C(=O)c2cccc3cccc1c23)c1ccc([N+](=O)[O-])cc1. The van der Waals surface area contributed by atoms with Gasteiger partial charge in [-0.2, -0.15) is 5.10 Å². The molecule has 3 aromatic carbocycles. The normalized spacial score (nSPS) is 13.1. The van der Waals surface area contributed by atoms with Crippen molar-refractivity contribution in [3.63, 3.8) is 0 Å². The number of carbonyl (C=O) groups excluding carboxylic acids is 2. The van der Waals surface area contributed by atoms with Gasteiger partial charge in [0.1, 0.15) is 6.54 Å². The Kier molecular flexibility index (Phi) is 4.52. The molecule has 4 rings (SSSR count). The monoisotopic (exact) mass is 388 g/mol. The maximum atomic E-state index is 12.7. The van der Waals surface area contributed by atoms with E-state index in [4.69, 9.17) is 0 Å². The lowest BCUT2D eigenvalue weighted by Gasteiger charge is -2.16. The van der Waals surface area contributed by atoms with E-state index in [2.05, 4.69) is 10.5 Å². The number of nitrogens with zero attached hydrogens (tertiary/aromatic N) is 3. The second kappa shape index (κ2) is 7.16. The molecule has 0 fully saturated rings. The maximum absolute atomic E-state index is 12.7. The molecule has 8 heteroatoms. The molecular weight excluding hydrogens is 372 g/mol. The molecule has 0 aromatic heterocycles. The van der Waals surface area contributed by atoms with Gasteiger partial charge in [0, 0.05) is 23.1 Å². The van der Waals surface area contributed by atoms with Crippen LogP contribution in [0, 0.1) is 10.1 Å². The topological polar surface area (TPSA) is 105 Å². The van der Waals surface area contributed by atoms with Gasteiger partial charge in [0.25, 0.3) is 17.5 Å². The minimum Gasteiger partial charge on any atom is -0.298 e. The summed E-state index contributed by atoms with van der Waals surface area (Å²) in [5.41, 5.74) is 4.84. The lowest BCUT2D eigenvalue weighted by atomic mass is 10.1. The maximum Gasteiger partial charge on any atom is 0.269 e. The number of carbonyl (C=O) groups is 2. The Morgan fingerprint density at radius 2 is 1.79 bits per heavy atom. The van der Waals surface area contributed by atoms with Crippen LogP contribution in [0.4, 0.5) is 11.4 Å². The van der Waals surface area contributed by atoms with Crippen LogP contribution < -0.4 is 10.3 Å². The summed E-state index contributed by atoms with van der Waals surface area (Å²) in [5.74, 6) is -0.660. The van der Waals surface area contributed by atoms with Gasteiger partial charge in [0.05, 0.1) is 16.3 Å². The number of benzene rings is 3. The Balaban J connectivity index is 1.48. The van der Waals surface area contributed by atoms with Gasteiger partial charge in [-0.15, -0.1) is 0 Å². The predicted molar refractivity (Wildman–Crippen MR) is 109 cm³/mol. The van der Waals surface area contributed by atoms with Gasteiger partial charge in [-0.1, -0.05) is 24.3 Å². The van der Waals surface area contributed by atoms with Crippen LogP contribution in [0.3, 0.4) is 0 Å². The molecule has 0 saturated carbocycles. The molecule has 144 valence electrons. The molecule has 0 atom stereocenters. The number of hydrogen-bond acceptors (Lipinski definition) is 5. The summed E-state index contributed by atoms with van der Waals surface area (Å²) < 4.78 is 0. The second-order valence-corrected chi connectivity index (χ2v) is 6.61. The standard InChI is InChI=1S/C21H16N4O4/c1-13(14-8-10-16(11-9-14)25(28)29)22-23-19(26)12-24-18-7-3-5-15-4-2-6-17(20(15)18)21(24)27/h2-11H,12H2,1H3,(H,23,26)/b22-13-. The highest BCUT2D eigenvalue weighted by Gasteiger charge is 2.30. The molecule has 0 radical (unpaired) electrons. The highest BCUT2D eigenvalue weighted by Crippen LogP contribution is 2.36. The summed E-state index contributed by atoms with van der Waals surface area (Å²) in [7, 11) is 0. The molecule has 0 unspecified atom stereocenters. The third kappa shape index (κ3) is 3.31. The first-order valence-corrected chi connectivity index (χ1v) is 8.87. The number of nitrogens with one attached hydrogen (secondary N) is 1. The minimum atomic E-state index is -0.482. The number of anilines is 1. The number of nitro benzene ring substituents is 1. The van der Waals surface area contributed by atoms with E-state index in [0.717, 1.165) is 10.8 Å². The van der Waals surface area contributed by atoms with Gasteiger partial charge in [0.15, 0.2) is 0 Å². The molecule has 1 heterocycles. The number of hydrazone groups is 1. The molecule has 8 nitrogen and oxygen atoms in total. The number of nitro groups is 1. The molecule has 0 spiro atoms. The Bertz CT molecular complexity index is 1180. The van der Waals surface area contributed by atoms with Crippen LogP contribution in [0.2, 0.25) is 0 Å². The zero-order chi connectivity index (χ0) is 20.5. The average molecular weight is 388 g/mol. The van der Waals surface area contributed by atoms with E-state index in [1.807, 2.05) is 30.3 Å². The van der Waals surface area contributed by atoms with Crippen LogP contribution in [-0.2, 0) is 4.79 Å².